The van der Waals surface area contributed by atoms with Crippen LogP contribution in [0.1, 0.15) is 97.3 Å². The molecule has 120 valence electrons. The van der Waals surface area contributed by atoms with Crippen molar-refractivity contribution in [2.24, 2.45) is 0 Å². The zero-order chi connectivity index (χ0) is 14.5. The Morgan fingerprint density at radius 3 is 2.15 bits per heavy atom. The first-order valence-corrected chi connectivity index (χ1v) is 9.36. The molecule has 0 spiro atoms. The number of unbranched alkanes of at least 4 members (excludes halogenated alkanes) is 6. The summed E-state index contributed by atoms with van der Waals surface area (Å²) in [5, 5.41) is 7.49. The Kier molecular flexibility index (Phi) is 11.4. The molecule has 1 atom stereocenters. The van der Waals surface area contributed by atoms with Gasteiger partial charge in [0.1, 0.15) is 0 Å². The molecule has 1 unspecified atom stereocenters. The Morgan fingerprint density at radius 2 is 1.50 bits per heavy atom. The minimum atomic E-state index is 0.554. The van der Waals surface area contributed by atoms with Crippen molar-refractivity contribution in [3.63, 3.8) is 0 Å². The molecular formula is C18H38N2. The van der Waals surface area contributed by atoms with Gasteiger partial charge in [-0.2, -0.15) is 0 Å². The second-order valence-electron chi connectivity index (χ2n) is 6.52. The van der Waals surface area contributed by atoms with Crippen molar-refractivity contribution in [2.45, 2.75) is 110 Å². The molecule has 0 aromatic carbocycles. The monoisotopic (exact) mass is 282 g/mol. The van der Waals surface area contributed by atoms with Crippen LogP contribution in [-0.2, 0) is 0 Å². The highest BCUT2D eigenvalue weighted by atomic mass is 15.1. The molecule has 2 N–H and O–H groups in total. The quantitative estimate of drug-likeness (QED) is 0.389. The summed E-state index contributed by atoms with van der Waals surface area (Å²) in [6, 6.07) is 0.775. The standard InChI is InChI=1S/C18H38N2/c1-3-5-6-7-8-9-13-16-18(19-4-2)20-17-14-11-10-12-15-17/h17-20H,3-16H2,1-2H3. The Hall–Kier alpha value is -0.0800. The summed E-state index contributed by atoms with van der Waals surface area (Å²) in [5.41, 5.74) is 0. The van der Waals surface area contributed by atoms with Gasteiger partial charge in [0.25, 0.3) is 0 Å². The van der Waals surface area contributed by atoms with Gasteiger partial charge in [0, 0.05) is 6.04 Å². The van der Waals surface area contributed by atoms with Crippen molar-refractivity contribution < 1.29 is 0 Å². The van der Waals surface area contributed by atoms with Crippen LogP contribution >= 0.6 is 0 Å². The minimum Gasteiger partial charge on any atom is -0.302 e. The molecule has 1 aliphatic rings. The van der Waals surface area contributed by atoms with Gasteiger partial charge in [-0.05, 0) is 25.8 Å². The lowest BCUT2D eigenvalue weighted by atomic mass is 9.95. The second kappa shape index (κ2) is 12.6. The van der Waals surface area contributed by atoms with Crippen molar-refractivity contribution in [1.29, 1.82) is 0 Å². The number of hydrogen-bond donors (Lipinski definition) is 2. The van der Waals surface area contributed by atoms with E-state index in [1.807, 2.05) is 0 Å². The summed E-state index contributed by atoms with van der Waals surface area (Å²) in [7, 11) is 0. The van der Waals surface area contributed by atoms with Gasteiger partial charge in [-0.25, -0.2) is 0 Å². The third-order valence-corrected chi connectivity index (χ3v) is 4.59. The van der Waals surface area contributed by atoms with Gasteiger partial charge in [-0.3, -0.25) is 5.32 Å². The molecule has 0 amide bonds. The van der Waals surface area contributed by atoms with Gasteiger partial charge in [0.05, 0.1) is 6.17 Å². The zero-order valence-electron chi connectivity index (χ0n) is 14.1. The van der Waals surface area contributed by atoms with E-state index in [2.05, 4.69) is 24.5 Å². The highest BCUT2D eigenvalue weighted by Crippen LogP contribution is 2.18. The van der Waals surface area contributed by atoms with Gasteiger partial charge >= 0.3 is 0 Å². The summed E-state index contributed by atoms with van der Waals surface area (Å²) in [4.78, 5) is 0. The number of rotatable bonds is 12. The predicted octanol–water partition coefficient (Wildman–Crippen LogP) is 4.99. The van der Waals surface area contributed by atoms with E-state index < -0.39 is 0 Å². The maximum absolute atomic E-state index is 3.86. The third kappa shape index (κ3) is 8.97. The first-order valence-electron chi connectivity index (χ1n) is 9.36. The van der Waals surface area contributed by atoms with Crippen LogP contribution in [0.15, 0.2) is 0 Å². The molecule has 1 rings (SSSR count). The van der Waals surface area contributed by atoms with Crippen molar-refractivity contribution in [3.05, 3.63) is 0 Å². The van der Waals surface area contributed by atoms with Gasteiger partial charge in [0.2, 0.25) is 0 Å². The topological polar surface area (TPSA) is 24.1 Å². The van der Waals surface area contributed by atoms with E-state index >= 15 is 0 Å². The van der Waals surface area contributed by atoms with Gasteiger partial charge < -0.3 is 5.32 Å². The lowest BCUT2D eigenvalue weighted by Crippen LogP contribution is -2.47. The van der Waals surface area contributed by atoms with Crippen molar-refractivity contribution >= 4 is 0 Å². The van der Waals surface area contributed by atoms with Crippen LogP contribution in [0.25, 0.3) is 0 Å². The fraction of sp³-hybridized carbons (Fsp3) is 1.00. The van der Waals surface area contributed by atoms with Crippen LogP contribution in [0.4, 0.5) is 0 Å². The maximum atomic E-state index is 3.86. The molecule has 1 aliphatic carbocycles. The molecule has 2 heteroatoms. The molecule has 0 radical (unpaired) electrons. The molecular weight excluding hydrogens is 244 g/mol. The highest BCUT2D eigenvalue weighted by Gasteiger charge is 2.16. The van der Waals surface area contributed by atoms with Gasteiger partial charge in [0.15, 0.2) is 0 Å². The lowest BCUT2D eigenvalue weighted by Gasteiger charge is -2.29. The molecule has 0 bridgehead atoms. The van der Waals surface area contributed by atoms with Crippen LogP contribution < -0.4 is 10.6 Å². The molecule has 0 heterocycles. The van der Waals surface area contributed by atoms with E-state index in [1.54, 1.807) is 0 Å². The largest absolute Gasteiger partial charge is 0.302 e. The van der Waals surface area contributed by atoms with E-state index in [4.69, 9.17) is 0 Å². The van der Waals surface area contributed by atoms with Gasteiger partial charge in [-0.15, -0.1) is 0 Å². The predicted molar refractivity (Wildman–Crippen MR) is 90.1 cm³/mol. The first-order chi connectivity index (χ1) is 9.86. The summed E-state index contributed by atoms with van der Waals surface area (Å²) in [6.45, 7) is 5.60. The molecule has 1 saturated carbocycles. The van der Waals surface area contributed by atoms with Crippen LogP contribution in [-0.4, -0.2) is 18.8 Å². The van der Waals surface area contributed by atoms with E-state index in [1.165, 1.54) is 83.5 Å². The SMILES string of the molecule is CCCCCCCCCC(NCC)NC1CCCCC1. The van der Waals surface area contributed by atoms with Crippen molar-refractivity contribution in [3.8, 4) is 0 Å². The summed E-state index contributed by atoms with van der Waals surface area (Å²) in [5.74, 6) is 0. The van der Waals surface area contributed by atoms with E-state index in [0.29, 0.717) is 6.17 Å². The molecule has 0 saturated heterocycles. The fourth-order valence-electron chi connectivity index (χ4n) is 3.35. The molecule has 2 nitrogen and oxygen atoms in total. The second-order valence-corrected chi connectivity index (χ2v) is 6.52. The molecule has 0 aromatic rings. The number of hydrogen-bond acceptors (Lipinski definition) is 2. The van der Waals surface area contributed by atoms with Crippen LogP contribution in [0.5, 0.6) is 0 Å². The van der Waals surface area contributed by atoms with E-state index in [9.17, 15) is 0 Å². The Morgan fingerprint density at radius 1 is 0.850 bits per heavy atom. The Balaban J connectivity index is 2.05. The van der Waals surface area contributed by atoms with E-state index in [0.717, 1.165) is 12.6 Å². The molecule has 20 heavy (non-hydrogen) atoms. The zero-order valence-corrected chi connectivity index (χ0v) is 14.1. The molecule has 0 aliphatic heterocycles. The average molecular weight is 283 g/mol. The molecule has 1 fully saturated rings. The average Bonchev–Trinajstić information content (AvgIpc) is 2.47. The Bertz CT molecular complexity index is 200. The Labute approximate surface area is 127 Å². The summed E-state index contributed by atoms with van der Waals surface area (Å²) < 4.78 is 0. The van der Waals surface area contributed by atoms with Crippen LogP contribution in [0.2, 0.25) is 0 Å². The van der Waals surface area contributed by atoms with Crippen LogP contribution in [0.3, 0.4) is 0 Å². The van der Waals surface area contributed by atoms with Crippen molar-refractivity contribution in [2.75, 3.05) is 6.54 Å². The first kappa shape index (κ1) is 18.0. The normalized spacial score (nSPS) is 18.3. The van der Waals surface area contributed by atoms with E-state index in [-0.39, 0.29) is 0 Å². The van der Waals surface area contributed by atoms with Crippen LogP contribution in [0, 0.1) is 0 Å². The lowest BCUT2D eigenvalue weighted by molar-refractivity contribution is 0.295. The highest BCUT2D eigenvalue weighted by molar-refractivity contribution is 4.76. The maximum Gasteiger partial charge on any atom is 0.0573 e. The third-order valence-electron chi connectivity index (χ3n) is 4.59. The minimum absolute atomic E-state index is 0.554. The number of nitrogens with one attached hydrogen (secondary N) is 2. The van der Waals surface area contributed by atoms with Gasteiger partial charge in [-0.1, -0.05) is 78.1 Å². The molecule has 0 aromatic heterocycles. The smallest absolute Gasteiger partial charge is 0.0573 e. The summed E-state index contributed by atoms with van der Waals surface area (Å²) in [6.07, 6.45) is 18.8. The van der Waals surface area contributed by atoms with Crippen molar-refractivity contribution in [1.82, 2.24) is 10.6 Å². The summed E-state index contributed by atoms with van der Waals surface area (Å²) >= 11 is 0. The fourth-order valence-corrected chi connectivity index (χ4v) is 3.35.